The monoisotopic (exact) mass is 408 g/mol. The number of nitrogens with one attached hydrogen (secondary N) is 1. The van der Waals surface area contributed by atoms with Crippen LogP contribution in [0.5, 0.6) is 0 Å². The van der Waals surface area contributed by atoms with Crippen LogP contribution in [0.15, 0.2) is 59.0 Å². The van der Waals surface area contributed by atoms with E-state index in [1.54, 1.807) is 17.0 Å². The SMILES string of the molecule is CCC(=O)Nc1cccc(-c2cc3c(o2)CCN(C(=O)c2ccccc2Cl)C3)c1. The standard InChI is InChI=1S/C23H21ClN2O3/c1-2-22(27)25-17-7-5-6-15(12-17)21-13-16-14-26(11-10-20(16)29-21)23(28)18-8-3-4-9-19(18)24/h3-9,12-13H,2,10-11,14H2,1H3,(H,25,27). The van der Waals surface area contributed by atoms with E-state index in [-0.39, 0.29) is 11.8 Å². The summed E-state index contributed by atoms with van der Waals surface area (Å²) >= 11 is 6.19. The van der Waals surface area contributed by atoms with Crippen LogP contribution in [0.3, 0.4) is 0 Å². The topological polar surface area (TPSA) is 62.6 Å². The number of benzene rings is 2. The Morgan fingerprint density at radius 3 is 2.76 bits per heavy atom. The fourth-order valence-corrected chi connectivity index (χ4v) is 3.67. The van der Waals surface area contributed by atoms with E-state index in [0.717, 1.165) is 28.3 Å². The number of anilines is 1. The molecule has 1 aromatic heterocycles. The zero-order valence-corrected chi connectivity index (χ0v) is 16.8. The number of rotatable bonds is 4. The summed E-state index contributed by atoms with van der Waals surface area (Å²) in [6.45, 7) is 2.88. The van der Waals surface area contributed by atoms with E-state index >= 15 is 0 Å². The number of furan rings is 1. The van der Waals surface area contributed by atoms with Crippen molar-refractivity contribution in [2.24, 2.45) is 0 Å². The fourth-order valence-electron chi connectivity index (χ4n) is 3.45. The predicted octanol–water partition coefficient (Wildman–Crippen LogP) is 5.15. The second kappa shape index (κ2) is 8.13. The van der Waals surface area contributed by atoms with Gasteiger partial charge in [0.05, 0.1) is 10.6 Å². The zero-order valence-electron chi connectivity index (χ0n) is 16.1. The zero-order chi connectivity index (χ0) is 20.4. The molecule has 0 atom stereocenters. The van der Waals surface area contributed by atoms with Gasteiger partial charge in [-0.1, -0.05) is 42.8 Å². The number of hydrogen-bond acceptors (Lipinski definition) is 3. The molecule has 2 heterocycles. The summed E-state index contributed by atoms with van der Waals surface area (Å²) in [6, 6.07) is 16.6. The van der Waals surface area contributed by atoms with E-state index in [1.807, 2.05) is 49.4 Å². The highest BCUT2D eigenvalue weighted by Gasteiger charge is 2.26. The molecule has 4 rings (SSSR count). The van der Waals surface area contributed by atoms with Crippen LogP contribution in [-0.4, -0.2) is 23.3 Å². The summed E-state index contributed by atoms with van der Waals surface area (Å²) in [5.41, 5.74) is 3.13. The van der Waals surface area contributed by atoms with Gasteiger partial charge < -0.3 is 14.6 Å². The van der Waals surface area contributed by atoms with E-state index < -0.39 is 0 Å². The highest BCUT2D eigenvalue weighted by atomic mass is 35.5. The summed E-state index contributed by atoms with van der Waals surface area (Å²) in [5, 5.41) is 3.32. The summed E-state index contributed by atoms with van der Waals surface area (Å²) in [6.07, 6.45) is 1.08. The third kappa shape index (κ3) is 4.05. The summed E-state index contributed by atoms with van der Waals surface area (Å²) in [4.78, 5) is 26.3. The van der Waals surface area contributed by atoms with E-state index in [9.17, 15) is 9.59 Å². The Morgan fingerprint density at radius 2 is 1.97 bits per heavy atom. The van der Waals surface area contributed by atoms with E-state index in [2.05, 4.69) is 5.32 Å². The molecule has 29 heavy (non-hydrogen) atoms. The highest BCUT2D eigenvalue weighted by molar-refractivity contribution is 6.33. The molecule has 0 saturated heterocycles. The van der Waals surface area contributed by atoms with Crippen LogP contribution >= 0.6 is 11.6 Å². The van der Waals surface area contributed by atoms with E-state index in [4.69, 9.17) is 16.0 Å². The lowest BCUT2D eigenvalue weighted by molar-refractivity contribution is -0.115. The molecule has 0 aliphatic carbocycles. The largest absolute Gasteiger partial charge is 0.461 e. The van der Waals surface area contributed by atoms with Gasteiger partial charge in [-0.15, -0.1) is 0 Å². The van der Waals surface area contributed by atoms with Crippen LogP contribution in [0.25, 0.3) is 11.3 Å². The third-order valence-corrected chi connectivity index (χ3v) is 5.34. The Bertz CT molecular complexity index is 1070. The van der Waals surface area contributed by atoms with Crippen LogP contribution in [0, 0.1) is 0 Å². The first-order chi connectivity index (χ1) is 14.0. The minimum Gasteiger partial charge on any atom is -0.461 e. The smallest absolute Gasteiger partial charge is 0.255 e. The molecule has 5 nitrogen and oxygen atoms in total. The lowest BCUT2D eigenvalue weighted by Crippen LogP contribution is -2.35. The minimum atomic E-state index is -0.0757. The predicted molar refractivity (Wildman–Crippen MR) is 113 cm³/mol. The maximum absolute atomic E-state index is 12.9. The van der Waals surface area contributed by atoms with E-state index in [0.29, 0.717) is 36.5 Å². The fraction of sp³-hybridized carbons (Fsp3) is 0.217. The molecule has 0 spiro atoms. The third-order valence-electron chi connectivity index (χ3n) is 5.01. The van der Waals surface area contributed by atoms with Crippen molar-refractivity contribution in [3.63, 3.8) is 0 Å². The highest BCUT2D eigenvalue weighted by Crippen LogP contribution is 2.31. The number of carbonyl (C=O) groups excluding carboxylic acids is 2. The maximum atomic E-state index is 12.9. The second-order valence-electron chi connectivity index (χ2n) is 7.00. The van der Waals surface area contributed by atoms with Crippen molar-refractivity contribution in [2.75, 3.05) is 11.9 Å². The summed E-state index contributed by atoms with van der Waals surface area (Å²) in [5.74, 6) is 1.52. The maximum Gasteiger partial charge on any atom is 0.255 e. The molecule has 2 aromatic carbocycles. The first-order valence-electron chi connectivity index (χ1n) is 9.61. The van der Waals surface area contributed by atoms with Gasteiger partial charge in [-0.3, -0.25) is 9.59 Å². The van der Waals surface area contributed by atoms with Gasteiger partial charge in [0, 0.05) is 42.7 Å². The van der Waals surface area contributed by atoms with Crippen LogP contribution in [-0.2, 0) is 17.8 Å². The van der Waals surface area contributed by atoms with Crippen molar-refractivity contribution in [2.45, 2.75) is 26.3 Å². The molecule has 0 bridgehead atoms. The van der Waals surface area contributed by atoms with Gasteiger partial charge in [-0.05, 0) is 30.3 Å². The first-order valence-corrected chi connectivity index (χ1v) is 9.98. The molecule has 1 aliphatic rings. The molecular weight excluding hydrogens is 388 g/mol. The molecule has 2 amide bonds. The first kappa shape index (κ1) is 19.3. The quantitative estimate of drug-likeness (QED) is 0.649. The number of fused-ring (bicyclic) bond motifs is 1. The molecule has 0 fully saturated rings. The van der Waals surface area contributed by atoms with Crippen molar-refractivity contribution in [1.82, 2.24) is 4.90 Å². The minimum absolute atomic E-state index is 0.0328. The number of carbonyl (C=O) groups is 2. The molecule has 148 valence electrons. The van der Waals surface area contributed by atoms with Gasteiger partial charge in [0.2, 0.25) is 5.91 Å². The van der Waals surface area contributed by atoms with Crippen molar-refractivity contribution < 1.29 is 14.0 Å². The Hall–Kier alpha value is -3.05. The van der Waals surface area contributed by atoms with Crippen LogP contribution in [0.2, 0.25) is 5.02 Å². The van der Waals surface area contributed by atoms with Crippen LogP contribution in [0.1, 0.15) is 35.0 Å². The number of hydrogen-bond donors (Lipinski definition) is 1. The van der Waals surface area contributed by atoms with Crippen molar-refractivity contribution in [1.29, 1.82) is 0 Å². The average Bonchev–Trinajstić information content (AvgIpc) is 3.17. The molecule has 0 unspecified atom stereocenters. The van der Waals surface area contributed by atoms with Gasteiger partial charge in [0.25, 0.3) is 5.91 Å². The molecule has 0 saturated carbocycles. The van der Waals surface area contributed by atoms with Gasteiger partial charge in [-0.25, -0.2) is 0 Å². The van der Waals surface area contributed by atoms with Crippen molar-refractivity contribution >= 4 is 29.1 Å². The molecular formula is C23H21ClN2O3. The Balaban J connectivity index is 1.55. The second-order valence-corrected chi connectivity index (χ2v) is 7.41. The van der Waals surface area contributed by atoms with Crippen LogP contribution in [0.4, 0.5) is 5.69 Å². The number of nitrogens with zero attached hydrogens (tertiary/aromatic N) is 1. The lowest BCUT2D eigenvalue weighted by atomic mass is 10.1. The number of amides is 2. The van der Waals surface area contributed by atoms with Crippen molar-refractivity contribution in [3.8, 4) is 11.3 Å². The normalized spacial score (nSPS) is 13.1. The van der Waals surface area contributed by atoms with Gasteiger partial charge >= 0.3 is 0 Å². The van der Waals surface area contributed by atoms with Gasteiger partial charge in [0.15, 0.2) is 0 Å². The molecule has 1 N–H and O–H groups in total. The molecule has 6 heteroatoms. The van der Waals surface area contributed by atoms with Crippen molar-refractivity contribution in [3.05, 3.63) is 76.5 Å². The Morgan fingerprint density at radius 1 is 1.14 bits per heavy atom. The summed E-state index contributed by atoms with van der Waals surface area (Å²) in [7, 11) is 0. The van der Waals surface area contributed by atoms with E-state index in [1.165, 1.54) is 0 Å². The van der Waals surface area contributed by atoms with Gasteiger partial charge in [-0.2, -0.15) is 0 Å². The lowest BCUT2D eigenvalue weighted by Gasteiger charge is -2.26. The average molecular weight is 409 g/mol. The molecule has 0 radical (unpaired) electrons. The Labute approximate surface area is 174 Å². The Kier molecular flexibility index (Phi) is 5.41. The summed E-state index contributed by atoms with van der Waals surface area (Å²) < 4.78 is 6.06. The van der Waals surface area contributed by atoms with Crippen LogP contribution < -0.4 is 5.32 Å². The number of halogens is 1. The van der Waals surface area contributed by atoms with Gasteiger partial charge in [0.1, 0.15) is 11.5 Å². The molecule has 3 aromatic rings. The molecule has 1 aliphatic heterocycles.